The zero-order valence-electron chi connectivity index (χ0n) is 10.6. The Morgan fingerprint density at radius 3 is 2.94 bits per heavy atom. The van der Waals surface area contributed by atoms with Crippen LogP contribution in [0, 0.1) is 6.92 Å². The number of benzene rings is 1. The number of aryl methyl sites for hydroxylation is 1. The maximum atomic E-state index is 12.1. The van der Waals surface area contributed by atoms with Gasteiger partial charge in [0, 0.05) is 25.8 Å². The molecule has 1 aliphatic rings. The highest BCUT2D eigenvalue weighted by molar-refractivity contribution is 5.96. The highest BCUT2D eigenvalue weighted by Gasteiger charge is 2.28. The number of phenolic OH excluding ortho intramolecular Hbond substituents is 1. The Morgan fingerprint density at radius 1 is 1.50 bits per heavy atom. The molecule has 0 saturated carbocycles. The Hall–Kier alpha value is -1.59. The lowest BCUT2D eigenvalue weighted by molar-refractivity contribution is 0.0779. The van der Waals surface area contributed by atoms with E-state index in [4.69, 9.17) is 4.74 Å². The smallest absolute Gasteiger partial charge is 0.251 e. The fraction of sp³-hybridized carbons (Fsp3) is 0.462. The number of rotatable bonds is 3. The first-order valence-corrected chi connectivity index (χ1v) is 5.96. The number of hydrogen-bond donors (Lipinski definition) is 3. The van der Waals surface area contributed by atoms with Crippen molar-refractivity contribution in [2.24, 2.45) is 0 Å². The summed E-state index contributed by atoms with van der Waals surface area (Å²) >= 11 is 0. The number of nitrogens with one attached hydrogen (secondary N) is 2. The predicted octanol–water partition coefficient (Wildman–Crippen LogP) is 0.417. The van der Waals surface area contributed by atoms with Crippen LogP contribution in [-0.4, -0.2) is 43.4 Å². The molecule has 3 N–H and O–H groups in total. The molecule has 0 spiro atoms. The molecule has 2 rings (SSSR count). The molecule has 1 fully saturated rings. The summed E-state index contributed by atoms with van der Waals surface area (Å²) in [5, 5.41) is 15.4. The van der Waals surface area contributed by atoms with E-state index in [9.17, 15) is 9.90 Å². The van der Waals surface area contributed by atoms with Crippen LogP contribution in [0.2, 0.25) is 0 Å². The minimum atomic E-state index is -0.136. The average molecular weight is 250 g/mol. The van der Waals surface area contributed by atoms with Crippen molar-refractivity contribution < 1.29 is 14.6 Å². The highest BCUT2D eigenvalue weighted by Crippen LogP contribution is 2.16. The van der Waals surface area contributed by atoms with Crippen LogP contribution < -0.4 is 10.6 Å². The van der Waals surface area contributed by atoms with Gasteiger partial charge in [-0.1, -0.05) is 0 Å². The number of aromatic hydroxyl groups is 1. The van der Waals surface area contributed by atoms with Gasteiger partial charge in [-0.2, -0.15) is 0 Å². The Morgan fingerprint density at radius 2 is 2.28 bits per heavy atom. The molecule has 1 amide bonds. The van der Waals surface area contributed by atoms with Gasteiger partial charge in [-0.25, -0.2) is 0 Å². The third-order valence-corrected chi connectivity index (χ3v) is 3.23. The van der Waals surface area contributed by atoms with Crippen molar-refractivity contribution in [2.75, 3.05) is 20.2 Å². The molecule has 2 atom stereocenters. The average Bonchev–Trinajstić information content (AvgIpc) is 2.76. The number of phenols is 1. The number of hydrogen-bond acceptors (Lipinski definition) is 4. The van der Waals surface area contributed by atoms with Gasteiger partial charge >= 0.3 is 0 Å². The number of methoxy groups -OCH3 is 1. The quantitative estimate of drug-likeness (QED) is 0.727. The van der Waals surface area contributed by atoms with Crippen molar-refractivity contribution in [2.45, 2.75) is 19.1 Å². The summed E-state index contributed by atoms with van der Waals surface area (Å²) in [5.41, 5.74) is 1.34. The molecule has 98 valence electrons. The molecule has 1 aromatic rings. The molecule has 0 radical (unpaired) electrons. The predicted molar refractivity (Wildman–Crippen MR) is 67.8 cm³/mol. The molecule has 5 heteroatoms. The van der Waals surface area contributed by atoms with Crippen LogP contribution in [0.15, 0.2) is 18.2 Å². The Labute approximate surface area is 106 Å². The van der Waals surface area contributed by atoms with E-state index in [1.54, 1.807) is 26.2 Å². The van der Waals surface area contributed by atoms with Crippen LogP contribution in [0.25, 0.3) is 0 Å². The lowest BCUT2D eigenvalue weighted by atomic mass is 10.1. The molecule has 0 aromatic heterocycles. The van der Waals surface area contributed by atoms with E-state index in [2.05, 4.69) is 10.6 Å². The van der Waals surface area contributed by atoms with Gasteiger partial charge in [-0.3, -0.25) is 4.79 Å². The topological polar surface area (TPSA) is 70.6 Å². The van der Waals surface area contributed by atoms with Gasteiger partial charge < -0.3 is 20.5 Å². The minimum Gasteiger partial charge on any atom is -0.508 e. The SMILES string of the molecule is CO[C@H]1CNCC1NC(=O)c1ccc(O)cc1C. The lowest BCUT2D eigenvalue weighted by Gasteiger charge is -2.19. The lowest BCUT2D eigenvalue weighted by Crippen LogP contribution is -2.43. The maximum absolute atomic E-state index is 12.1. The van der Waals surface area contributed by atoms with E-state index in [0.29, 0.717) is 12.1 Å². The third-order valence-electron chi connectivity index (χ3n) is 3.23. The van der Waals surface area contributed by atoms with E-state index in [-0.39, 0.29) is 23.8 Å². The summed E-state index contributed by atoms with van der Waals surface area (Å²) in [7, 11) is 1.64. The zero-order valence-corrected chi connectivity index (χ0v) is 10.6. The molecule has 0 aliphatic carbocycles. The molecular weight excluding hydrogens is 232 g/mol. The van der Waals surface area contributed by atoms with Crippen molar-refractivity contribution >= 4 is 5.91 Å². The molecule has 1 heterocycles. The first kappa shape index (κ1) is 12.9. The van der Waals surface area contributed by atoms with Crippen LogP contribution in [0.4, 0.5) is 0 Å². The fourth-order valence-corrected chi connectivity index (χ4v) is 2.20. The molecule has 1 saturated heterocycles. The monoisotopic (exact) mass is 250 g/mol. The summed E-state index contributed by atoms with van der Waals surface area (Å²) in [6.07, 6.45) is 0.00590. The summed E-state index contributed by atoms with van der Waals surface area (Å²) in [5.74, 6) is 0.0320. The Kier molecular flexibility index (Phi) is 3.84. The van der Waals surface area contributed by atoms with Crippen LogP contribution in [0.5, 0.6) is 5.75 Å². The van der Waals surface area contributed by atoms with Crippen LogP contribution in [-0.2, 0) is 4.74 Å². The number of carbonyl (C=O) groups excluding carboxylic acids is 1. The van der Waals surface area contributed by atoms with E-state index in [1.807, 2.05) is 0 Å². The second-order valence-corrected chi connectivity index (χ2v) is 4.51. The molecule has 18 heavy (non-hydrogen) atoms. The van der Waals surface area contributed by atoms with Crippen molar-refractivity contribution in [1.29, 1.82) is 0 Å². The first-order chi connectivity index (χ1) is 8.61. The van der Waals surface area contributed by atoms with Gasteiger partial charge in [0.25, 0.3) is 5.91 Å². The van der Waals surface area contributed by atoms with Gasteiger partial charge in [0.1, 0.15) is 5.75 Å². The molecule has 1 aliphatic heterocycles. The molecular formula is C13H18N2O3. The maximum Gasteiger partial charge on any atom is 0.251 e. The van der Waals surface area contributed by atoms with E-state index in [0.717, 1.165) is 12.1 Å². The van der Waals surface area contributed by atoms with Crippen molar-refractivity contribution in [3.05, 3.63) is 29.3 Å². The summed E-state index contributed by atoms with van der Waals surface area (Å²) in [6.45, 7) is 3.26. The second-order valence-electron chi connectivity index (χ2n) is 4.51. The molecule has 0 bridgehead atoms. The van der Waals surface area contributed by atoms with Gasteiger partial charge in [0.05, 0.1) is 12.1 Å². The van der Waals surface area contributed by atoms with Gasteiger partial charge in [-0.15, -0.1) is 0 Å². The Balaban J connectivity index is 2.07. The first-order valence-electron chi connectivity index (χ1n) is 5.96. The highest BCUT2D eigenvalue weighted by atomic mass is 16.5. The van der Waals surface area contributed by atoms with Crippen molar-refractivity contribution in [1.82, 2.24) is 10.6 Å². The normalized spacial score (nSPS) is 23.0. The molecule has 1 aromatic carbocycles. The van der Waals surface area contributed by atoms with Crippen molar-refractivity contribution in [3.63, 3.8) is 0 Å². The fourth-order valence-electron chi connectivity index (χ4n) is 2.20. The minimum absolute atomic E-state index is 0.00590. The standard InChI is InChI=1S/C13H18N2O3/c1-8-5-9(16)3-4-10(8)13(17)15-11-6-14-7-12(11)18-2/h3-5,11-12,14,16H,6-7H2,1-2H3,(H,15,17)/t11?,12-/m0/s1. The van der Waals surface area contributed by atoms with Crippen molar-refractivity contribution in [3.8, 4) is 5.75 Å². The summed E-state index contributed by atoms with van der Waals surface area (Å²) in [6, 6.07) is 4.71. The largest absolute Gasteiger partial charge is 0.508 e. The Bertz CT molecular complexity index is 448. The molecule has 1 unspecified atom stereocenters. The van der Waals surface area contributed by atoms with Crippen LogP contribution >= 0.6 is 0 Å². The zero-order chi connectivity index (χ0) is 13.1. The van der Waals surface area contributed by atoms with E-state index >= 15 is 0 Å². The number of ether oxygens (including phenoxy) is 1. The van der Waals surface area contributed by atoms with E-state index in [1.165, 1.54) is 6.07 Å². The number of carbonyl (C=O) groups is 1. The van der Waals surface area contributed by atoms with Gasteiger partial charge in [0.15, 0.2) is 0 Å². The van der Waals surface area contributed by atoms with Gasteiger partial charge in [-0.05, 0) is 30.7 Å². The third kappa shape index (κ3) is 2.63. The van der Waals surface area contributed by atoms with Crippen LogP contribution in [0.3, 0.4) is 0 Å². The number of amides is 1. The second kappa shape index (κ2) is 5.37. The summed E-state index contributed by atoms with van der Waals surface area (Å²) < 4.78 is 5.29. The van der Waals surface area contributed by atoms with Gasteiger partial charge in [0.2, 0.25) is 0 Å². The van der Waals surface area contributed by atoms with E-state index < -0.39 is 0 Å². The molecule has 5 nitrogen and oxygen atoms in total. The summed E-state index contributed by atoms with van der Waals surface area (Å²) in [4.78, 5) is 12.1. The van der Waals surface area contributed by atoms with Crippen LogP contribution in [0.1, 0.15) is 15.9 Å².